The molecular weight excluding hydrogens is 531 g/mol. The van der Waals surface area contributed by atoms with Crippen LogP contribution in [0.4, 0.5) is 15.8 Å². The second-order valence-corrected chi connectivity index (χ2v) is 9.68. The van der Waals surface area contributed by atoms with Gasteiger partial charge in [-0.15, -0.1) is 0 Å². The van der Waals surface area contributed by atoms with Gasteiger partial charge in [0.05, 0.1) is 48.2 Å². The molecule has 0 radical (unpaired) electrons. The Balaban J connectivity index is 1.63. The highest BCUT2D eigenvalue weighted by Gasteiger charge is 2.36. The Morgan fingerprint density at radius 2 is 1.70 bits per heavy atom. The first kappa shape index (κ1) is 28.3. The highest BCUT2D eigenvalue weighted by molar-refractivity contribution is 8.03. The lowest BCUT2D eigenvalue weighted by molar-refractivity contribution is -0.114. The molecule has 1 heterocycles. The van der Waals surface area contributed by atoms with Crippen LogP contribution in [0, 0.1) is 17.1 Å². The maximum Gasteiger partial charge on any atom is 0.254 e. The van der Waals surface area contributed by atoms with Crippen molar-refractivity contribution in [3.63, 3.8) is 0 Å². The number of carbonyl (C=O) groups excluding carboxylic acids is 2. The SMILES string of the molecule is COc1ccc(NC(=O)CSC2=C(C#N)[C@@H](c3ccccc3F)C(C(=O)Nc3ccccc3OC)=C(C)N2)cc1. The van der Waals surface area contributed by atoms with Gasteiger partial charge in [0.25, 0.3) is 5.91 Å². The van der Waals surface area contributed by atoms with Crippen molar-refractivity contribution in [2.45, 2.75) is 12.8 Å². The van der Waals surface area contributed by atoms with Crippen LogP contribution in [0.2, 0.25) is 0 Å². The molecule has 0 saturated carbocycles. The first-order valence-electron chi connectivity index (χ1n) is 12.2. The van der Waals surface area contributed by atoms with E-state index in [1.165, 1.54) is 13.2 Å². The van der Waals surface area contributed by atoms with E-state index in [9.17, 15) is 14.9 Å². The summed E-state index contributed by atoms with van der Waals surface area (Å²) < 4.78 is 25.6. The average Bonchev–Trinajstić information content (AvgIpc) is 2.96. The predicted molar refractivity (Wildman–Crippen MR) is 153 cm³/mol. The van der Waals surface area contributed by atoms with Gasteiger partial charge in [-0.2, -0.15) is 5.26 Å². The standard InChI is InChI=1S/C30H27FN4O4S/c1-18-27(29(37)35-24-10-6-7-11-25(24)39-3)28(21-8-4-5-9-23(21)31)22(16-32)30(33-18)40-17-26(36)34-19-12-14-20(38-2)15-13-19/h4-15,28,33H,17H2,1-3H3,(H,34,36)(H,35,37)/t28-/m1/s1. The number of thioether (sulfide) groups is 1. The summed E-state index contributed by atoms with van der Waals surface area (Å²) in [4.78, 5) is 26.3. The molecule has 0 spiro atoms. The summed E-state index contributed by atoms with van der Waals surface area (Å²) in [6.07, 6.45) is 0. The molecule has 0 saturated heterocycles. The molecule has 4 rings (SSSR count). The Labute approximate surface area is 235 Å². The van der Waals surface area contributed by atoms with Crippen LogP contribution >= 0.6 is 11.8 Å². The number of rotatable bonds is 9. The number of dihydropyridines is 1. The van der Waals surface area contributed by atoms with Crippen molar-refractivity contribution in [2.24, 2.45) is 0 Å². The van der Waals surface area contributed by atoms with Crippen LogP contribution in [-0.4, -0.2) is 31.8 Å². The fraction of sp³-hybridized carbons (Fsp3) is 0.167. The Bertz CT molecular complexity index is 1530. The maximum absolute atomic E-state index is 15.1. The minimum Gasteiger partial charge on any atom is -0.497 e. The first-order chi connectivity index (χ1) is 19.4. The molecule has 10 heteroatoms. The molecule has 0 aliphatic carbocycles. The topological polar surface area (TPSA) is 112 Å². The zero-order chi connectivity index (χ0) is 28.6. The third kappa shape index (κ3) is 6.27. The number of methoxy groups -OCH3 is 2. The third-order valence-electron chi connectivity index (χ3n) is 6.18. The zero-order valence-electron chi connectivity index (χ0n) is 22.1. The van der Waals surface area contributed by atoms with Gasteiger partial charge in [0.2, 0.25) is 5.91 Å². The van der Waals surface area contributed by atoms with E-state index in [1.807, 2.05) is 0 Å². The van der Waals surface area contributed by atoms with Crippen LogP contribution in [0.15, 0.2) is 94.7 Å². The molecule has 40 heavy (non-hydrogen) atoms. The number of halogens is 1. The summed E-state index contributed by atoms with van der Waals surface area (Å²) in [6, 6.07) is 22.0. The summed E-state index contributed by atoms with van der Waals surface area (Å²) in [5, 5.41) is 19.3. The molecule has 0 aromatic heterocycles. The van der Waals surface area contributed by atoms with E-state index >= 15 is 4.39 Å². The number of nitrogens with zero attached hydrogens (tertiary/aromatic N) is 1. The Morgan fingerprint density at radius 3 is 2.38 bits per heavy atom. The van der Waals surface area contributed by atoms with Gasteiger partial charge >= 0.3 is 0 Å². The van der Waals surface area contributed by atoms with E-state index < -0.39 is 17.6 Å². The summed E-state index contributed by atoms with van der Waals surface area (Å²) in [5.74, 6) is -1.29. The largest absolute Gasteiger partial charge is 0.497 e. The van der Waals surface area contributed by atoms with Crippen LogP contribution < -0.4 is 25.4 Å². The van der Waals surface area contributed by atoms with Crippen molar-refractivity contribution in [1.29, 1.82) is 5.26 Å². The Hall–Kier alpha value is -4.75. The number of benzene rings is 3. The Morgan fingerprint density at radius 1 is 1.00 bits per heavy atom. The monoisotopic (exact) mass is 558 g/mol. The van der Waals surface area contributed by atoms with Crippen molar-refractivity contribution in [3.8, 4) is 17.6 Å². The molecular formula is C30H27FN4O4S. The number of hydrogen-bond donors (Lipinski definition) is 3. The minimum absolute atomic E-state index is 0.0282. The fourth-order valence-corrected chi connectivity index (χ4v) is 5.19. The maximum atomic E-state index is 15.1. The molecule has 1 aliphatic heterocycles. The molecule has 8 nitrogen and oxygen atoms in total. The average molecular weight is 559 g/mol. The van der Waals surface area contributed by atoms with Crippen LogP contribution in [0.3, 0.4) is 0 Å². The van der Waals surface area contributed by atoms with E-state index in [2.05, 4.69) is 22.0 Å². The van der Waals surface area contributed by atoms with Gasteiger partial charge in [0.15, 0.2) is 0 Å². The summed E-state index contributed by atoms with van der Waals surface area (Å²) >= 11 is 1.10. The van der Waals surface area contributed by atoms with Gasteiger partial charge in [0.1, 0.15) is 17.3 Å². The van der Waals surface area contributed by atoms with E-state index in [-0.39, 0.29) is 28.4 Å². The normalized spacial score (nSPS) is 14.6. The summed E-state index contributed by atoms with van der Waals surface area (Å²) in [5.41, 5.74) is 1.93. The van der Waals surface area contributed by atoms with E-state index in [4.69, 9.17) is 9.47 Å². The van der Waals surface area contributed by atoms with E-state index in [0.29, 0.717) is 33.6 Å². The molecule has 1 atom stereocenters. The number of ether oxygens (including phenoxy) is 2. The van der Waals surface area contributed by atoms with Gasteiger partial charge in [-0.1, -0.05) is 42.1 Å². The number of nitriles is 1. The highest BCUT2D eigenvalue weighted by atomic mass is 32.2. The van der Waals surface area contributed by atoms with Crippen molar-refractivity contribution in [3.05, 3.63) is 106 Å². The predicted octanol–water partition coefficient (Wildman–Crippen LogP) is 5.55. The number of carbonyl (C=O) groups is 2. The third-order valence-corrected chi connectivity index (χ3v) is 7.20. The quantitative estimate of drug-likeness (QED) is 0.316. The number of allylic oxidation sites excluding steroid dienone is 2. The summed E-state index contributed by atoms with van der Waals surface area (Å²) in [6.45, 7) is 1.68. The van der Waals surface area contributed by atoms with Gasteiger partial charge in [-0.3, -0.25) is 9.59 Å². The Kier molecular flexibility index (Phi) is 9.09. The summed E-state index contributed by atoms with van der Waals surface area (Å²) in [7, 11) is 3.05. The first-order valence-corrected chi connectivity index (χ1v) is 13.2. The number of anilines is 2. The molecule has 3 aromatic carbocycles. The van der Waals surface area contributed by atoms with E-state index in [0.717, 1.165) is 11.8 Å². The number of hydrogen-bond acceptors (Lipinski definition) is 7. The second kappa shape index (κ2) is 12.9. The molecule has 2 amide bonds. The molecule has 204 valence electrons. The van der Waals surface area contributed by atoms with Crippen molar-refractivity contribution in [2.75, 3.05) is 30.6 Å². The number of nitrogens with one attached hydrogen (secondary N) is 3. The fourth-order valence-electron chi connectivity index (χ4n) is 4.29. The van der Waals surface area contributed by atoms with Crippen molar-refractivity contribution >= 4 is 35.0 Å². The number of amides is 2. The molecule has 0 bridgehead atoms. The van der Waals surface area contributed by atoms with Gasteiger partial charge < -0.3 is 25.4 Å². The molecule has 3 aromatic rings. The van der Waals surface area contributed by atoms with Crippen LogP contribution in [0.5, 0.6) is 11.5 Å². The smallest absolute Gasteiger partial charge is 0.254 e. The van der Waals surface area contributed by atoms with Crippen molar-refractivity contribution in [1.82, 2.24) is 5.32 Å². The molecule has 0 unspecified atom stereocenters. The van der Waals surface area contributed by atoms with Gasteiger partial charge in [0, 0.05) is 22.5 Å². The lowest BCUT2D eigenvalue weighted by atomic mass is 9.82. The lowest BCUT2D eigenvalue weighted by Gasteiger charge is -2.30. The highest BCUT2D eigenvalue weighted by Crippen LogP contribution is 2.42. The minimum atomic E-state index is -1.01. The van der Waals surface area contributed by atoms with Crippen LogP contribution in [-0.2, 0) is 9.59 Å². The van der Waals surface area contributed by atoms with Crippen LogP contribution in [0.1, 0.15) is 18.4 Å². The van der Waals surface area contributed by atoms with Crippen LogP contribution in [0.25, 0.3) is 0 Å². The second-order valence-electron chi connectivity index (χ2n) is 8.69. The van der Waals surface area contributed by atoms with Crippen molar-refractivity contribution < 1.29 is 23.5 Å². The lowest BCUT2D eigenvalue weighted by Crippen LogP contribution is -2.31. The zero-order valence-corrected chi connectivity index (χ0v) is 22.9. The van der Waals surface area contributed by atoms with E-state index in [1.54, 1.807) is 80.8 Å². The molecule has 3 N–H and O–H groups in total. The number of para-hydroxylation sites is 2. The van der Waals surface area contributed by atoms with Gasteiger partial charge in [-0.25, -0.2) is 4.39 Å². The van der Waals surface area contributed by atoms with Gasteiger partial charge in [-0.05, 0) is 49.4 Å². The molecule has 1 aliphatic rings. The molecule has 0 fully saturated rings.